The Morgan fingerprint density at radius 1 is 1.08 bits per heavy atom. The van der Waals surface area contributed by atoms with Crippen LogP contribution in [0, 0.1) is 0 Å². The van der Waals surface area contributed by atoms with Crippen LogP contribution in [-0.2, 0) is 4.79 Å². The Morgan fingerprint density at radius 3 is 2.36 bits per heavy atom. The summed E-state index contributed by atoms with van der Waals surface area (Å²) in [6.07, 6.45) is 3.62. The highest BCUT2D eigenvalue weighted by Gasteiger charge is 2.08. The molecule has 0 radical (unpaired) electrons. The van der Waals surface area contributed by atoms with Gasteiger partial charge in [-0.1, -0.05) is 42.5 Å². The maximum Gasteiger partial charge on any atom is 0.267 e. The van der Waals surface area contributed by atoms with Gasteiger partial charge in [0.05, 0.1) is 6.21 Å². The normalized spacial score (nSPS) is 11.6. The zero-order chi connectivity index (χ0) is 18.1. The molecule has 0 bridgehead atoms. The topological polar surface area (TPSA) is 64.9 Å². The minimum atomic E-state index is -0.320. The molecule has 2 aromatic carbocycles. The molecule has 0 atom stereocenters. The smallest absolute Gasteiger partial charge is 0.267 e. The second-order valence-corrected chi connectivity index (χ2v) is 5.74. The third-order valence-electron chi connectivity index (χ3n) is 3.60. The first-order chi connectivity index (χ1) is 12.1. The Hall–Kier alpha value is -2.92. The van der Waals surface area contributed by atoms with E-state index < -0.39 is 0 Å². The summed E-state index contributed by atoms with van der Waals surface area (Å²) >= 11 is 0. The van der Waals surface area contributed by atoms with Crippen molar-refractivity contribution in [1.29, 1.82) is 0 Å². The Labute approximate surface area is 148 Å². The standard InChI is InChI=1S/C20H23N3O2/c1-23(2)19-10-8-17(9-11-19)15-21-22-20(25)18(12-13-24)14-16-6-4-3-5-7-16/h3-11,14-15,24H,12-13H2,1-2H3,(H,22,25)/b18-14+,21-15+. The van der Waals surface area contributed by atoms with Crippen LogP contribution in [0.3, 0.4) is 0 Å². The number of amides is 1. The van der Waals surface area contributed by atoms with E-state index in [2.05, 4.69) is 10.5 Å². The fourth-order valence-corrected chi connectivity index (χ4v) is 2.22. The van der Waals surface area contributed by atoms with Crippen molar-refractivity contribution in [2.24, 2.45) is 5.10 Å². The van der Waals surface area contributed by atoms with Gasteiger partial charge >= 0.3 is 0 Å². The van der Waals surface area contributed by atoms with E-state index in [9.17, 15) is 9.90 Å². The highest BCUT2D eigenvalue weighted by Crippen LogP contribution is 2.11. The molecule has 25 heavy (non-hydrogen) atoms. The van der Waals surface area contributed by atoms with E-state index in [1.807, 2.05) is 73.6 Å². The van der Waals surface area contributed by atoms with Gasteiger partial charge in [-0.15, -0.1) is 0 Å². The van der Waals surface area contributed by atoms with Crippen LogP contribution in [0.25, 0.3) is 6.08 Å². The number of hydrogen-bond acceptors (Lipinski definition) is 4. The van der Waals surface area contributed by atoms with Gasteiger partial charge in [0, 0.05) is 38.4 Å². The molecule has 130 valence electrons. The van der Waals surface area contributed by atoms with Crippen molar-refractivity contribution in [2.45, 2.75) is 6.42 Å². The van der Waals surface area contributed by atoms with Crippen LogP contribution in [0.15, 0.2) is 65.3 Å². The van der Waals surface area contributed by atoms with Crippen LogP contribution in [0.4, 0.5) is 5.69 Å². The fourth-order valence-electron chi connectivity index (χ4n) is 2.22. The first-order valence-corrected chi connectivity index (χ1v) is 8.07. The molecule has 0 aliphatic heterocycles. The van der Waals surface area contributed by atoms with E-state index >= 15 is 0 Å². The lowest BCUT2D eigenvalue weighted by atomic mass is 10.1. The second kappa shape index (κ2) is 9.39. The molecular formula is C20H23N3O2. The number of anilines is 1. The monoisotopic (exact) mass is 337 g/mol. The summed E-state index contributed by atoms with van der Waals surface area (Å²) in [4.78, 5) is 14.3. The third kappa shape index (κ3) is 5.90. The van der Waals surface area contributed by atoms with Gasteiger partial charge in [0.2, 0.25) is 0 Å². The Bertz CT molecular complexity index is 735. The summed E-state index contributed by atoms with van der Waals surface area (Å²) in [6.45, 7) is -0.0954. The summed E-state index contributed by atoms with van der Waals surface area (Å²) in [5.74, 6) is -0.320. The number of carbonyl (C=O) groups is 1. The van der Waals surface area contributed by atoms with Crippen LogP contribution >= 0.6 is 0 Å². The number of aliphatic hydroxyl groups excluding tert-OH is 1. The molecule has 0 heterocycles. The average Bonchev–Trinajstić information content (AvgIpc) is 2.62. The van der Waals surface area contributed by atoms with E-state index in [-0.39, 0.29) is 18.9 Å². The van der Waals surface area contributed by atoms with Crippen molar-refractivity contribution >= 4 is 23.9 Å². The number of aliphatic hydroxyl groups is 1. The van der Waals surface area contributed by atoms with Crippen molar-refractivity contribution < 1.29 is 9.90 Å². The van der Waals surface area contributed by atoms with E-state index in [0.29, 0.717) is 5.57 Å². The summed E-state index contributed by atoms with van der Waals surface area (Å²) in [7, 11) is 3.95. The number of nitrogens with zero attached hydrogens (tertiary/aromatic N) is 2. The first-order valence-electron chi connectivity index (χ1n) is 8.07. The Balaban J connectivity index is 2.02. The van der Waals surface area contributed by atoms with Crippen LogP contribution in [0.2, 0.25) is 0 Å². The predicted molar refractivity (Wildman–Crippen MR) is 103 cm³/mol. The maximum absolute atomic E-state index is 12.3. The summed E-state index contributed by atoms with van der Waals surface area (Å²) in [6, 6.07) is 17.3. The van der Waals surface area contributed by atoms with Crippen LogP contribution in [-0.4, -0.2) is 37.9 Å². The number of benzene rings is 2. The van der Waals surface area contributed by atoms with Crippen molar-refractivity contribution in [3.63, 3.8) is 0 Å². The molecule has 0 unspecified atom stereocenters. The van der Waals surface area contributed by atoms with E-state index in [4.69, 9.17) is 0 Å². The van der Waals surface area contributed by atoms with Crippen LogP contribution in [0.1, 0.15) is 17.5 Å². The van der Waals surface area contributed by atoms with Gasteiger partial charge in [-0.25, -0.2) is 5.43 Å². The molecule has 0 spiro atoms. The molecule has 2 rings (SSSR count). The zero-order valence-corrected chi connectivity index (χ0v) is 14.5. The van der Waals surface area contributed by atoms with Gasteiger partial charge in [-0.3, -0.25) is 4.79 Å². The summed E-state index contributed by atoms with van der Waals surface area (Å²) < 4.78 is 0. The lowest BCUT2D eigenvalue weighted by Crippen LogP contribution is -2.20. The predicted octanol–water partition coefficient (Wildman–Crippen LogP) is 2.67. The molecule has 2 aromatic rings. The summed E-state index contributed by atoms with van der Waals surface area (Å²) in [5, 5.41) is 13.2. The van der Waals surface area contributed by atoms with Gasteiger partial charge in [0.15, 0.2) is 0 Å². The van der Waals surface area contributed by atoms with Gasteiger partial charge in [-0.05, 0) is 29.3 Å². The molecule has 0 saturated carbocycles. The minimum Gasteiger partial charge on any atom is -0.396 e. The molecule has 1 amide bonds. The lowest BCUT2D eigenvalue weighted by molar-refractivity contribution is -0.117. The highest BCUT2D eigenvalue weighted by atomic mass is 16.3. The molecular weight excluding hydrogens is 314 g/mol. The molecule has 0 aliphatic rings. The zero-order valence-electron chi connectivity index (χ0n) is 14.5. The van der Waals surface area contributed by atoms with Gasteiger partial charge in [-0.2, -0.15) is 5.10 Å². The van der Waals surface area contributed by atoms with Gasteiger partial charge < -0.3 is 10.0 Å². The number of hydrogen-bond donors (Lipinski definition) is 2. The van der Waals surface area contributed by atoms with Crippen LogP contribution < -0.4 is 10.3 Å². The quantitative estimate of drug-likeness (QED) is 0.464. The molecule has 0 saturated heterocycles. The number of rotatable bonds is 7. The van der Waals surface area contributed by atoms with Crippen LogP contribution in [0.5, 0.6) is 0 Å². The van der Waals surface area contributed by atoms with Crippen molar-refractivity contribution in [1.82, 2.24) is 5.43 Å². The molecule has 5 nitrogen and oxygen atoms in total. The Morgan fingerprint density at radius 2 is 1.76 bits per heavy atom. The average molecular weight is 337 g/mol. The summed E-state index contributed by atoms with van der Waals surface area (Å²) in [5.41, 5.74) is 5.89. The second-order valence-electron chi connectivity index (χ2n) is 5.74. The number of nitrogens with one attached hydrogen (secondary N) is 1. The maximum atomic E-state index is 12.3. The lowest BCUT2D eigenvalue weighted by Gasteiger charge is -2.11. The molecule has 0 fully saturated rings. The van der Waals surface area contributed by atoms with E-state index in [0.717, 1.165) is 16.8 Å². The Kier molecular flexibility index (Phi) is 6.92. The SMILES string of the molecule is CN(C)c1ccc(/C=N/NC(=O)/C(=C/c2ccccc2)CCO)cc1. The van der Waals surface area contributed by atoms with Crippen molar-refractivity contribution in [3.05, 3.63) is 71.3 Å². The minimum absolute atomic E-state index is 0.0954. The highest BCUT2D eigenvalue weighted by molar-refractivity contribution is 5.98. The third-order valence-corrected chi connectivity index (χ3v) is 3.60. The number of carbonyl (C=O) groups excluding carboxylic acids is 1. The fraction of sp³-hybridized carbons (Fsp3) is 0.200. The molecule has 0 aliphatic carbocycles. The molecule has 2 N–H and O–H groups in total. The van der Waals surface area contributed by atoms with E-state index in [1.54, 1.807) is 12.3 Å². The largest absolute Gasteiger partial charge is 0.396 e. The van der Waals surface area contributed by atoms with Crippen molar-refractivity contribution in [3.8, 4) is 0 Å². The van der Waals surface area contributed by atoms with Gasteiger partial charge in [0.25, 0.3) is 5.91 Å². The van der Waals surface area contributed by atoms with E-state index in [1.165, 1.54) is 0 Å². The molecule has 0 aromatic heterocycles. The molecule has 5 heteroatoms. The first kappa shape index (κ1) is 18.4. The van der Waals surface area contributed by atoms with Crippen molar-refractivity contribution in [2.75, 3.05) is 25.6 Å². The van der Waals surface area contributed by atoms with Gasteiger partial charge in [0.1, 0.15) is 0 Å². The number of hydrazone groups is 1.